The Morgan fingerprint density at radius 2 is 2.17 bits per heavy atom. The molecule has 0 spiro atoms. The van der Waals surface area contributed by atoms with E-state index in [9.17, 15) is 4.79 Å². The number of hydroxylamine groups is 1. The fourth-order valence-corrected chi connectivity index (χ4v) is 2.96. The number of nitrogens with one attached hydrogen (secondary N) is 2. The maximum atomic E-state index is 11.0. The standard InChI is InChI=1S/C17H16ClN3O2.ClH/c18-14-9-11(5-8-16(22)21-23)10-19-17(14)20-15-7-6-12-3-1-2-4-13(12)15;/h1-5,8-10,15,23H,6-7H2,(H,19,20)(H,21,22);1H/b8-5+;. The summed E-state index contributed by atoms with van der Waals surface area (Å²) in [5.74, 6) is 0.0167. The number of carbonyl (C=O) groups is 1. The molecule has 0 bridgehead atoms. The molecule has 0 radical (unpaired) electrons. The number of aryl methyl sites for hydroxylation is 1. The van der Waals surface area contributed by atoms with Crippen molar-refractivity contribution in [2.75, 3.05) is 5.32 Å². The molecule has 126 valence electrons. The van der Waals surface area contributed by atoms with E-state index in [2.05, 4.69) is 28.5 Å². The van der Waals surface area contributed by atoms with Gasteiger partial charge in [0.15, 0.2) is 0 Å². The van der Waals surface area contributed by atoms with Crippen LogP contribution in [0.4, 0.5) is 5.82 Å². The van der Waals surface area contributed by atoms with Crippen molar-refractivity contribution in [2.24, 2.45) is 0 Å². The quantitative estimate of drug-likeness (QED) is 0.438. The van der Waals surface area contributed by atoms with Crippen LogP contribution in [0.5, 0.6) is 0 Å². The van der Waals surface area contributed by atoms with Crippen molar-refractivity contribution in [3.8, 4) is 0 Å². The van der Waals surface area contributed by atoms with E-state index in [0.717, 1.165) is 12.8 Å². The number of halogens is 2. The van der Waals surface area contributed by atoms with Crippen LogP contribution in [0.3, 0.4) is 0 Å². The summed E-state index contributed by atoms with van der Waals surface area (Å²) in [5, 5.41) is 12.3. The number of fused-ring (bicyclic) bond motifs is 1. The SMILES string of the molecule is Cl.O=C(/C=C/c1cnc(NC2CCc3ccccc32)c(Cl)c1)NO. The van der Waals surface area contributed by atoms with E-state index in [4.69, 9.17) is 16.8 Å². The zero-order chi connectivity index (χ0) is 16.2. The minimum Gasteiger partial charge on any atom is -0.362 e. The fourth-order valence-electron chi connectivity index (χ4n) is 2.73. The molecule has 0 fully saturated rings. The van der Waals surface area contributed by atoms with Crippen molar-refractivity contribution in [1.82, 2.24) is 10.5 Å². The molecule has 1 aromatic carbocycles. The first kappa shape index (κ1) is 18.3. The van der Waals surface area contributed by atoms with Crippen molar-refractivity contribution in [3.05, 3.63) is 64.3 Å². The number of nitrogens with zero attached hydrogens (tertiary/aromatic N) is 1. The Morgan fingerprint density at radius 3 is 2.92 bits per heavy atom. The molecule has 0 aliphatic heterocycles. The highest BCUT2D eigenvalue weighted by atomic mass is 35.5. The molecule has 1 aromatic heterocycles. The second kappa shape index (κ2) is 8.15. The molecule has 1 aliphatic carbocycles. The Hall–Kier alpha value is -2.08. The van der Waals surface area contributed by atoms with E-state index in [1.54, 1.807) is 12.3 Å². The van der Waals surface area contributed by atoms with Gasteiger partial charge in [0.25, 0.3) is 5.91 Å². The lowest BCUT2D eigenvalue weighted by Gasteiger charge is -2.16. The van der Waals surface area contributed by atoms with Crippen LogP contribution >= 0.6 is 24.0 Å². The summed E-state index contributed by atoms with van der Waals surface area (Å²) in [6, 6.07) is 10.3. The number of rotatable bonds is 4. The molecule has 0 saturated carbocycles. The third-order valence-corrected chi connectivity index (χ3v) is 4.13. The lowest BCUT2D eigenvalue weighted by molar-refractivity contribution is -0.124. The van der Waals surface area contributed by atoms with Gasteiger partial charge < -0.3 is 5.32 Å². The summed E-state index contributed by atoms with van der Waals surface area (Å²) in [4.78, 5) is 15.3. The van der Waals surface area contributed by atoms with Crippen molar-refractivity contribution in [1.29, 1.82) is 0 Å². The zero-order valence-corrected chi connectivity index (χ0v) is 14.3. The summed E-state index contributed by atoms with van der Waals surface area (Å²) in [7, 11) is 0. The minimum absolute atomic E-state index is 0. The highest BCUT2D eigenvalue weighted by Crippen LogP contribution is 2.34. The number of hydrogen-bond acceptors (Lipinski definition) is 4. The highest BCUT2D eigenvalue weighted by molar-refractivity contribution is 6.33. The van der Waals surface area contributed by atoms with Gasteiger partial charge in [-0.1, -0.05) is 35.9 Å². The van der Waals surface area contributed by atoms with E-state index in [1.165, 1.54) is 28.8 Å². The average Bonchev–Trinajstić information content (AvgIpc) is 2.98. The van der Waals surface area contributed by atoms with E-state index >= 15 is 0 Å². The Kier molecular flexibility index (Phi) is 6.20. The maximum Gasteiger partial charge on any atom is 0.267 e. The predicted octanol–water partition coefficient (Wildman–Crippen LogP) is 3.77. The zero-order valence-electron chi connectivity index (χ0n) is 12.7. The third-order valence-electron chi connectivity index (χ3n) is 3.84. The molecule has 5 nitrogen and oxygen atoms in total. The van der Waals surface area contributed by atoms with Crippen molar-refractivity contribution in [2.45, 2.75) is 18.9 Å². The monoisotopic (exact) mass is 365 g/mol. The molecule has 1 unspecified atom stereocenters. The molecular formula is C17H17Cl2N3O2. The molecule has 1 amide bonds. The predicted molar refractivity (Wildman–Crippen MR) is 96.6 cm³/mol. The van der Waals surface area contributed by atoms with E-state index in [0.29, 0.717) is 16.4 Å². The summed E-state index contributed by atoms with van der Waals surface area (Å²) >= 11 is 6.28. The number of benzene rings is 1. The van der Waals surface area contributed by atoms with Gasteiger partial charge in [-0.2, -0.15) is 0 Å². The van der Waals surface area contributed by atoms with Crippen LogP contribution in [-0.2, 0) is 11.2 Å². The Morgan fingerprint density at radius 1 is 1.38 bits per heavy atom. The smallest absolute Gasteiger partial charge is 0.267 e. The van der Waals surface area contributed by atoms with Gasteiger partial charge in [-0.25, -0.2) is 10.5 Å². The first-order valence-corrected chi connectivity index (χ1v) is 7.67. The molecule has 1 heterocycles. The molecule has 7 heteroatoms. The summed E-state index contributed by atoms with van der Waals surface area (Å²) in [5.41, 5.74) is 4.85. The number of anilines is 1. The average molecular weight is 366 g/mol. The summed E-state index contributed by atoms with van der Waals surface area (Å²) in [6.07, 6.45) is 6.40. The maximum absolute atomic E-state index is 11.0. The molecule has 2 aromatic rings. The lowest BCUT2D eigenvalue weighted by Crippen LogP contribution is -2.14. The molecule has 3 N–H and O–H groups in total. The molecule has 0 saturated heterocycles. The van der Waals surface area contributed by atoms with Crippen LogP contribution in [0.2, 0.25) is 5.02 Å². The largest absolute Gasteiger partial charge is 0.362 e. The van der Waals surface area contributed by atoms with Crippen LogP contribution < -0.4 is 10.8 Å². The van der Waals surface area contributed by atoms with Gasteiger partial charge in [-0.3, -0.25) is 10.0 Å². The van der Waals surface area contributed by atoms with Crippen molar-refractivity contribution in [3.63, 3.8) is 0 Å². The van der Waals surface area contributed by atoms with Gasteiger partial charge in [0.2, 0.25) is 0 Å². The molecule has 24 heavy (non-hydrogen) atoms. The normalized spacial score (nSPS) is 15.7. The third kappa shape index (κ3) is 4.06. The van der Waals surface area contributed by atoms with Crippen LogP contribution in [0.25, 0.3) is 6.08 Å². The first-order chi connectivity index (χ1) is 11.2. The van der Waals surface area contributed by atoms with Crippen LogP contribution in [0.1, 0.15) is 29.2 Å². The number of hydrogen-bond donors (Lipinski definition) is 3. The number of amides is 1. The molecule has 3 rings (SSSR count). The molecular weight excluding hydrogens is 349 g/mol. The van der Waals surface area contributed by atoms with E-state index in [1.807, 2.05) is 6.07 Å². The van der Waals surface area contributed by atoms with Crippen LogP contribution in [0.15, 0.2) is 42.6 Å². The van der Waals surface area contributed by atoms with Crippen molar-refractivity contribution >= 4 is 41.8 Å². The van der Waals surface area contributed by atoms with Gasteiger partial charge in [-0.05, 0) is 41.7 Å². The van der Waals surface area contributed by atoms with Gasteiger partial charge in [0.1, 0.15) is 5.82 Å². The van der Waals surface area contributed by atoms with Crippen molar-refractivity contribution < 1.29 is 10.0 Å². The topological polar surface area (TPSA) is 74.2 Å². The van der Waals surface area contributed by atoms with Crippen LogP contribution in [-0.4, -0.2) is 16.1 Å². The molecule has 1 aliphatic rings. The number of carbonyl (C=O) groups excluding carboxylic acids is 1. The van der Waals surface area contributed by atoms with E-state index in [-0.39, 0.29) is 18.4 Å². The van der Waals surface area contributed by atoms with E-state index < -0.39 is 5.91 Å². The van der Waals surface area contributed by atoms with Crippen LogP contribution in [0, 0.1) is 0 Å². The second-order valence-electron chi connectivity index (χ2n) is 5.34. The Balaban J connectivity index is 0.00000208. The number of aromatic nitrogens is 1. The minimum atomic E-state index is -0.606. The lowest BCUT2D eigenvalue weighted by atomic mass is 10.1. The highest BCUT2D eigenvalue weighted by Gasteiger charge is 2.22. The molecule has 1 atom stereocenters. The first-order valence-electron chi connectivity index (χ1n) is 7.29. The number of pyridine rings is 1. The Bertz CT molecular complexity index is 765. The van der Waals surface area contributed by atoms with Gasteiger partial charge in [0, 0.05) is 12.3 Å². The van der Waals surface area contributed by atoms with Gasteiger partial charge in [0.05, 0.1) is 11.1 Å². The fraction of sp³-hybridized carbons (Fsp3) is 0.176. The summed E-state index contributed by atoms with van der Waals surface area (Å²) < 4.78 is 0. The second-order valence-corrected chi connectivity index (χ2v) is 5.75. The Labute approximate surface area is 151 Å². The van der Waals surface area contributed by atoms with Gasteiger partial charge in [-0.15, -0.1) is 12.4 Å². The summed E-state index contributed by atoms with van der Waals surface area (Å²) in [6.45, 7) is 0. The van der Waals surface area contributed by atoms with Gasteiger partial charge >= 0.3 is 0 Å².